The number of esters is 1. The Morgan fingerprint density at radius 3 is 2.67 bits per heavy atom. The van der Waals surface area contributed by atoms with Gasteiger partial charge in [0.1, 0.15) is 4.88 Å². The molecule has 1 aromatic carbocycles. The Bertz CT molecular complexity index is 1100. The van der Waals surface area contributed by atoms with Crippen molar-refractivity contribution in [3.8, 4) is 5.13 Å². The fourth-order valence-corrected chi connectivity index (χ4v) is 3.40. The predicted molar refractivity (Wildman–Crippen MR) is 93.1 cm³/mol. The second-order valence-corrected chi connectivity index (χ2v) is 6.46. The minimum absolute atomic E-state index is 0.0135. The highest BCUT2D eigenvalue weighted by Crippen LogP contribution is 2.32. The molecule has 2 aromatic heterocycles. The maximum atomic E-state index is 13.5. The van der Waals surface area contributed by atoms with E-state index in [1.165, 1.54) is 25.1 Å². The van der Waals surface area contributed by atoms with E-state index in [4.69, 9.17) is 10.5 Å². The number of nitrogen functional groups attached to an aromatic ring is 1. The molecular weight excluding hydrogens is 385 g/mol. The van der Waals surface area contributed by atoms with Crippen molar-refractivity contribution in [2.24, 2.45) is 0 Å². The van der Waals surface area contributed by atoms with Crippen LogP contribution in [0.5, 0.6) is 0 Å². The third-order valence-electron chi connectivity index (χ3n) is 3.58. The van der Waals surface area contributed by atoms with E-state index in [-0.39, 0.29) is 38.9 Å². The minimum atomic E-state index is -4.92. The summed E-state index contributed by atoms with van der Waals surface area (Å²) < 4.78 is 45.8. The molecule has 0 fully saturated rings. The van der Waals surface area contributed by atoms with Crippen LogP contribution in [-0.4, -0.2) is 27.1 Å². The quantitative estimate of drug-likeness (QED) is 0.538. The summed E-state index contributed by atoms with van der Waals surface area (Å²) in [6.45, 7) is 3.13. The van der Waals surface area contributed by atoms with Gasteiger partial charge < -0.3 is 10.5 Å². The number of hydrogen-bond acceptors (Lipinski definition) is 7. The van der Waals surface area contributed by atoms with Crippen LogP contribution in [0.3, 0.4) is 0 Å². The van der Waals surface area contributed by atoms with E-state index in [2.05, 4.69) is 9.97 Å². The lowest BCUT2D eigenvalue weighted by Crippen LogP contribution is -2.28. The zero-order valence-corrected chi connectivity index (χ0v) is 14.9. The number of alkyl halides is 3. The van der Waals surface area contributed by atoms with Gasteiger partial charge in [0.25, 0.3) is 5.56 Å². The monoisotopic (exact) mass is 398 g/mol. The van der Waals surface area contributed by atoms with Crippen LogP contribution in [0.4, 0.5) is 18.9 Å². The molecule has 3 aromatic rings. The highest BCUT2D eigenvalue weighted by Gasteiger charge is 2.39. The van der Waals surface area contributed by atoms with Gasteiger partial charge in [-0.25, -0.2) is 19.3 Å². The maximum Gasteiger partial charge on any atom is 0.450 e. The van der Waals surface area contributed by atoms with Crippen LogP contribution in [0.1, 0.15) is 28.1 Å². The minimum Gasteiger partial charge on any atom is -0.462 e. The topological polar surface area (TPSA) is 100 Å². The number of halogens is 3. The number of thiazole rings is 1. The summed E-state index contributed by atoms with van der Waals surface area (Å²) in [4.78, 5) is 32.3. The molecule has 0 spiro atoms. The fourth-order valence-electron chi connectivity index (χ4n) is 2.43. The van der Waals surface area contributed by atoms with Crippen molar-refractivity contribution in [1.29, 1.82) is 0 Å². The van der Waals surface area contributed by atoms with Crippen LogP contribution in [-0.2, 0) is 10.9 Å². The van der Waals surface area contributed by atoms with E-state index in [1.807, 2.05) is 0 Å². The molecule has 0 amide bonds. The molecule has 0 saturated carbocycles. The number of carbonyl (C=O) groups excluding carboxylic acids is 1. The molecule has 3 rings (SSSR count). The number of carbonyl (C=O) groups is 1. The second kappa shape index (κ2) is 6.65. The van der Waals surface area contributed by atoms with Crippen LogP contribution in [0, 0.1) is 6.92 Å². The van der Waals surface area contributed by atoms with Crippen molar-refractivity contribution < 1.29 is 22.7 Å². The van der Waals surface area contributed by atoms with Crippen molar-refractivity contribution in [1.82, 2.24) is 14.5 Å². The molecule has 7 nitrogen and oxygen atoms in total. The molecule has 2 N–H and O–H groups in total. The van der Waals surface area contributed by atoms with Crippen LogP contribution < -0.4 is 11.3 Å². The van der Waals surface area contributed by atoms with E-state index < -0.39 is 23.5 Å². The molecule has 2 heterocycles. The van der Waals surface area contributed by atoms with Gasteiger partial charge in [0, 0.05) is 5.69 Å². The lowest BCUT2D eigenvalue weighted by Gasteiger charge is -2.13. The van der Waals surface area contributed by atoms with Crippen molar-refractivity contribution in [3.05, 3.63) is 44.9 Å². The molecule has 0 bridgehead atoms. The summed E-state index contributed by atoms with van der Waals surface area (Å²) in [5.74, 6) is -2.16. The molecule has 0 aliphatic rings. The number of rotatable bonds is 3. The lowest BCUT2D eigenvalue weighted by atomic mass is 10.2. The molecular formula is C16H13F3N4O3S. The van der Waals surface area contributed by atoms with E-state index in [9.17, 15) is 22.8 Å². The first-order valence-corrected chi connectivity index (χ1v) is 8.49. The molecule has 27 heavy (non-hydrogen) atoms. The van der Waals surface area contributed by atoms with Crippen molar-refractivity contribution >= 4 is 33.9 Å². The summed E-state index contributed by atoms with van der Waals surface area (Å²) in [6, 6.07) is 3.84. The van der Waals surface area contributed by atoms with Crippen molar-refractivity contribution in [2.45, 2.75) is 20.0 Å². The number of anilines is 1. The molecule has 0 unspecified atom stereocenters. The van der Waals surface area contributed by atoms with Gasteiger partial charge in [-0.2, -0.15) is 13.2 Å². The van der Waals surface area contributed by atoms with E-state index in [0.717, 1.165) is 0 Å². The van der Waals surface area contributed by atoms with Gasteiger partial charge in [-0.05, 0) is 32.0 Å². The normalized spacial score (nSPS) is 11.7. The largest absolute Gasteiger partial charge is 0.462 e. The maximum absolute atomic E-state index is 13.5. The standard InChI is InChI=1S/C16H13F3N4O3S/c1-3-26-13(25)11-7(2)21-15(27-11)23-12(24)9-6-8(20)4-5-10(9)22-14(23)16(17,18)19/h4-6H,3,20H2,1-2H3. The number of nitrogens with two attached hydrogens (primary N) is 1. The third kappa shape index (κ3) is 3.37. The summed E-state index contributed by atoms with van der Waals surface area (Å²) in [5.41, 5.74) is 4.87. The molecule has 0 saturated heterocycles. The Hall–Kier alpha value is -2.95. The number of benzene rings is 1. The summed E-state index contributed by atoms with van der Waals surface area (Å²) in [6.07, 6.45) is -4.92. The third-order valence-corrected chi connectivity index (χ3v) is 4.71. The number of ether oxygens (including phenoxy) is 1. The first kappa shape index (κ1) is 18.8. The molecule has 11 heteroatoms. The smallest absolute Gasteiger partial charge is 0.450 e. The summed E-state index contributed by atoms with van der Waals surface area (Å²) in [7, 11) is 0. The van der Waals surface area contributed by atoms with Gasteiger partial charge in [0.15, 0.2) is 5.13 Å². The van der Waals surface area contributed by atoms with Gasteiger partial charge in [-0.3, -0.25) is 4.79 Å². The number of fused-ring (bicyclic) bond motifs is 1. The Kier molecular flexibility index (Phi) is 4.64. The van der Waals surface area contributed by atoms with E-state index in [0.29, 0.717) is 15.9 Å². The Morgan fingerprint density at radius 2 is 2.04 bits per heavy atom. The van der Waals surface area contributed by atoms with Crippen LogP contribution in [0.25, 0.3) is 16.0 Å². The second-order valence-electron chi connectivity index (χ2n) is 5.48. The average molecular weight is 398 g/mol. The van der Waals surface area contributed by atoms with Gasteiger partial charge >= 0.3 is 12.1 Å². The summed E-state index contributed by atoms with van der Waals surface area (Å²) in [5, 5.41) is -0.418. The SMILES string of the molecule is CCOC(=O)c1sc(-n2c(C(F)(F)F)nc3ccc(N)cc3c2=O)nc1C. The average Bonchev–Trinajstić information content (AvgIpc) is 2.96. The molecule has 0 aliphatic carbocycles. The zero-order valence-electron chi connectivity index (χ0n) is 14.1. The highest BCUT2D eigenvalue weighted by atomic mass is 32.1. The fraction of sp³-hybridized carbons (Fsp3) is 0.250. The molecule has 0 aliphatic heterocycles. The number of aromatic nitrogens is 3. The van der Waals surface area contributed by atoms with Crippen molar-refractivity contribution in [2.75, 3.05) is 12.3 Å². The van der Waals surface area contributed by atoms with Gasteiger partial charge in [0.2, 0.25) is 5.82 Å². The molecule has 0 radical (unpaired) electrons. The summed E-state index contributed by atoms with van der Waals surface area (Å²) >= 11 is 0.624. The van der Waals surface area contributed by atoms with Crippen LogP contribution in [0.2, 0.25) is 0 Å². The van der Waals surface area contributed by atoms with Crippen molar-refractivity contribution in [3.63, 3.8) is 0 Å². The number of aryl methyl sites for hydroxylation is 1. The lowest BCUT2D eigenvalue weighted by molar-refractivity contribution is -0.146. The molecule has 0 atom stereocenters. The van der Waals surface area contributed by atoms with Gasteiger partial charge in [-0.1, -0.05) is 11.3 Å². The van der Waals surface area contributed by atoms with Crippen LogP contribution >= 0.6 is 11.3 Å². The predicted octanol–water partition coefficient (Wildman–Crippen LogP) is 2.93. The van der Waals surface area contributed by atoms with Gasteiger partial charge in [0.05, 0.1) is 23.2 Å². The van der Waals surface area contributed by atoms with E-state index >= 15 is 0 Å². The number of nitrogens with zero attached hydrogens (tertiary/aromatic N) is 3. The first-order valence-electron chi connectivity index (χ1n) is 7.68. The van der Waals surface area contributed by atoms with Gasteiger partial charge in [-0.15, -0.1) is 0 Å². The highest BCUT2D eigenvalue weighted by molar-refractivity contribution is 7.16. The zero-order chi connectivity index (χ0) is 19.9. The first-order chi connectivity index (χ1) is 12.6. The Morgan fingerprint density at radius 1 is 1.33 bits per heavy atom. The van der Waals surface area contributed by atoms with E-state index in [1.54, 1.807) is 6.92 Å². The van der Waals surface area contributed by atoms with Crippen LogP contribution in [0.15, 0.2) is 23.0 Å². The Labute approximate surface area is 154 Å². The number of hydrogen-bond donors (Lipinski definition) is 1. The molecule has 142 valence electrons. The Balaban J connectivity index is 2.33.